The standard InChI is InChI=1S/C10H15NO5S3/c1-3-11-8-4-6(2)18(12,13)10-7(8)5-9(17-10)19(14,15)16/h5-6,8,11H,3-4H2,1-2H3,(H,14,15,16)/t6-,8-/m0/s1. The molecular weight excluding hydrogens is 310 g/mol. The highest BCUT2D eigenvalue weighted by molar-refractivity contribution is 7.95. The van der Waals surface area contributed by atoms with Gasteiger partial charge in [0.2, 0.25) is 0 Å². The van der Waals surface area contributed by atoms with Gasteiger partial charge in [-0.05, 0) is 26.0 Å². The van der Waals surface area contributed by atoms with Gasteiger partial charge in [-0.1, -0.05) is 6.92 Å². The molecular formula is C10H15NO5S3. The van der Waals surface area contributed by atoms with Crippen LogP contribution >= 0.6 is 11.3 Å². The normalized spacial score (nSPS) is 26.1. The largest absolute Gasteiger partial charge is 0.310 e. The Morgan fingerprint density at radius 3 is 2.68 bits per heavy atom. The molecule has 1 aromatic rings. The third kappa shape index (κ3) is 2.57. The van der Waals surface area contributed by atoms with E-state index in [2.05, 4.69) is 5.32 Å². The molecule has 0 aromatic carbocycles. The number of rotatable bonds is 3. The van der Waals surface area contributed by atoms with Crippen molar-refractivity contribution in [3.8, 4) is 0 Å². The fraction of sp³-hybridized carbons (Fsp3) is 0.600. The van der Waals surface area contributed by atoms with Gasteiger partial charge in [0, 0.05) is 11.6 Å². The molecule has 2 heterocycles. The summed E-state index contributed by atoms with van der Waals surface area (Å²) in [6.45, 7) is 4.15. The Balaban J connectivity index is 2.64. The zero-order valence-electron chi connectivity index (χ0n) is 10.5. The molecule has 2 atom stereocenters. The highest BCUT2D eigenvalue weighted by Crippen LogP contribution is 2.42. The van der Waals surface area contributed by atoms with Crippen molar-refractivity contribution in [3.63, 3.8) is 0 Å². The first-order chi connectivity index (χ1) is 8.67. The van der Waals surface area contributed by atoms with Crippen LogP contribution in [0.3, 0.4) is 0 Å². The van der Waals surface area contributed by atoms with Crippen LogP contribution in [0.4, 0.5) is 0 Å². The highest BCUT2D eigenvalue weighted by atomic mass is 32.3. The molecule has 0 bridgehead atoms. The maximum absolute atomic E-state index is 12.2. The molecule has 0 saturated carbocycles. The Labute approximate surface area is 116 Å². The van der Waals surface area contributed by atoms with Gasteiger partial charge in [0.25, 0.3) is 0 Å². The van der Waals surface area contributed by atoms with Gasteiger partial charge in [-0.3, -0.25) is 4.55 Å². The van der Waals surface area contributed by atoms with Crippen LogP contribution in [0.1, 0.15) is 31.9 Å². The van der Waals surface area contributed by atoms with Gasteiger partial charge in [0.05, 0.1) is 5.25 Å². The van der Waals surface area contributed by atoms with Gasteiger partial charge in [0.15, 0.2) is 9.84 Å². The van der Waals surface area contributed by atoms with Crippen molar-refractivity contribution in [2.24, 2.45) is 0 Å². The first-order valence-corrected chi connectivity index (χ1v) is 9.56. The molecule has 0 aliphatic carbocycles. The Morgan fingerprint density at radius 2 is 2.16 bits per heavy atom. The fourth-order valence-corrected chi connectivity index (χ4v) is 6.53. The third-order valence-corrected chi connectivity index (χ3v) is 8.34. The molecule has 9 heteroatoms. The average Bonchev–Trinajstić information content (AvgIpc) is 2.72. The zero-order valence-corrected chi connectivity index (χ0v) is 12.9. The maximum Gasteiger partial charge on any atom is 0.304 e. The van der Waals surface area contributed by atoms with Crippen molar-refractivity contribution in [2.45, 2.75) is 40.0 Å². The summed E-state index contributed by atoms with van der Waals surface area (Å²) in [7, 11) is -7.89. The Bertz CT molecular complexity index is 689. The van der Waals surface area contributed by atoms with Crippen molar-refractivity contribution < 1.29 is 21.4 Å². The number of fused-ring (bicyclic) bond motifs is 1. The van der Waals surface area contributed by atoms with Crippen molar-refractivity contribution in [2.75, 3.05) is 6.54 Å². The molecule has 0 amide bonds. The smallest absolute Gasteiger partial charge is 0.304 e. The van der Waals surface area contributed by atoms with Crippen molar-refractivity contribution in [1.82, 2.24) is 5.32 Å². The van der Waals surface area contributed by atoms with E-state index in [1.165, 1.54) is 6.07 Å². The Hall–Kier alpha value is -0.480. The first kappa shape index (κ1) is 14.9. The first-order valence-electron chi connectivity index (χ1n) is 5.76. The Kier molecular flexibility index (Phi) is 3.78. The molecule has 108 valence electrons. The topological polar surface area (TPSA) is 101 Å². The van der Waals surface area contributed by atoms with E-state index in [0.29, 0.717) is 29.9 Å². The summed E-state index contributed by atoms with van der Waals surface area (Å²) >= 11 is 0.617. The Morgan fingerprint density at radius 1 is 1.53 bits per heavy atom. The molecule has 1 aromatic heterocycles. The van der Waals surface area contributed by atoms with E-state index in [1.807, 2.05) is 6.92 Å². The van der Waals surface area contributed by atoms with Crippen LogP contribution in [-0.4, -0.2) is 33.2 Å². The summed E-state index contributed by atoms with van der Waals surface area (Å²) in [6.07, 6.45) is 0.394. The summed E-state index contributed by atoms with van der Waals surface area (Å²) in [5.41, 5.74) is 0.442. The second-order valence-electron chi connectivity index (χ2n) is 4.48. The predicted octanol–water partition coefficient (Wildman–Crippen LogP) is 1.21. The van der Waals surface area contributed by atoms with E-state index >= 15 is 0 Å². The van der Waals surface area contributed by atoms with Crippen LogP contribution in [0.5, 0.6) is 0 Å². The van der Waals surface area contributed by atoms with E-state index < -0.39 is 25.2 Å². The second-order valence-corrected chi connectivity index (χ2v) is 9.75. The van der Waals surface area contributed by atoms with Gasteiger partial charge in [-0.2, -0.15) is 8.42 Å². The summed E-state index contributed by atoms with van der Waals surface area (Å²) in [5.74, 6) is 0. The molecule has 19 heavy (non-hydrogen) atoms. The summed E-state index contributed by atoms with van der Waals surface area (Å²) in [4.78, 5) is 0. The summed E-state index contributed by atoms with van der Waals surface area (Å²) in [6, 6.07) is 1.05. The van der Waals surface area contributed by atoms with Crippen LogP contribution in [0.25, 0.3) is 0 Å². The number of thiophene rings is 1. The fourth-order valence-electron chi connectivity index (χ4n) is 2.17. The molecule has 0 saturated heterocycles. The molecule has 2 N–H and O–H groups in total. The average molecular weight is 325 g/mol. The highest BCUT2D eigenvalue weighted by Gasteiger charge is 2.39. The van der Waals surface area contributed by atoms with Crippen LogP contribution in [-0.2, 0) is 20.0 Å². The van der Waals surface area contributed by atoms with Crippen LogP contribution in [0, 0.1) is 0 Å². The monoisotopic (exact) mass is 325 g/mol. The lowest BCUT2D eigenvalue weighted by Crippen LogP contribution is -2.33. The SMILES string of the molecule is CCN[C@H]1C[C@H](C)S(=O)(=O)c2sc(S(=O)(=O)O)cc21. The molecule has 0 unspecified atom stereocenters. The van der Waals surface area contributed by atoms with Crippen molar-refractivity contribution >= 4 is 31.3 Å². The lowest BCUT2D eigenvalue weighted by atomic mass is 10.1. The molecule has 0 spiro atoms. The van der Waals surface area contributed by atoms with Gasteiger partial charge in [0.1, 0.15) is 8.42 Å². The van der Waals surface area contributed by atoms with Gasteiger partial charge in [-0.15, -0.1) is 11.3 Å². The molecule has 1 aliphatic rings. The zero-order chi connectivity index (χ0) is 14.4. The van der Waals surface area contributed by atoms with Gasteiger partial charge < -0.3 is 5.32 Å². The third-order valence-electron chi connectivity index (χ3n) is 3.14. The number of hydrogen-bond donors (Lipinski definition) is 2. The summed E-state index contributed by atoms with van der Waals surface area (Å²) in [5, 5.41) is 2.57. The van der Waals surface area contributed by atoms with Crippen molar-refractivity contribution in [1.29, 1.82) is 0 Å². The van der Waals surface area contributed by atoms with E-state index in [0.717, 1.165) is 0 Å². The minimum Gasteiger partial charge on any atom is -0.310 e. The number of sulfone groups is 1. The quantitative estimate of drug-likeness (QED) is 0.810. The molecule has 6 nitrogen and oxygen atoms in total. The van der Waals surface area contributed by atoms with E-state index in [-0.39, 0.29) is 14.5 Å². The summed E-state index contributed by atoms with van der Waals surface area (Å²) < 4.78 is 55.5. The van der Waals surface area contributed by atoms with Crippen LogP contribution in [0.2, 0.25) is 0 Å². The predicted molar refractivity (Wildman–Crippen MR) is 71.8 cm³/mol. The minimum absolute atomic E-state index is 0.0461. The number of nitrogens with one attached hydrogen (secondary N) is 1. The van der Waals surface area contributed by atoms with E-state index in [4.69, 9.17) is 4.55 Å². The lowest BCUT2D eigenvalue weighted by Gasteiger charge is -2.27. The van der Waals surface area contributed by atoms with Crippen LogP contribution < -0.4 is 5.32 Å². The van der Waals surface area contributed by atoms with E-state index in [1.54, 1.807) is 6.92 Å². The minimum atomic E-state index is -4.38. The number of hydrogen-bond acceptors (Lipinski definition) is 6. The maximum atomic E-state index is 12.2. The van der Waals surface area contributed by atoms with E-state index in [9.17, 15) is 16.8 Å². The lowest BCUT2D eigenvalue weighted by molar-refractivity contribution is 0.475. The molecule has 0 fully saturated rings. The molecule has 2 rings (SSSR count). The van der Waals surface area contributed by atoms with Crippen molar-refractivity contribution in [3.05, 3.63) is 11.6 Å². The second kappa shape index (κ2) is 4.81. The van der Waals surface area contributed by atoms with Crippen LogP contribution in [0.15, 0.2) is 14.5 Å². The molecule has 0 radical (unpaired) electrons. The van der Waals surface area contributed by atoms with Gasteiger partial charge in [-0.25, -0.2) is 8.42 Å². The van der Waals surface area contributed by atoms with Gasteiger partial charge >= 0.3 is 10.1 Å². The molecule has 1 aliphatic heterocycles.